The maximum atomic E-state index is 3.37. The van der Waals surface area contributed by atoms with Gasteiger partial charge in [0.05, 0.1) is 0 Å². The molecule has 2 aliphatic rings. The Kier molecular flexibility index (Phi) is 3.10. The van der Waals surface area contributed by atoms with E-state index in [1.54, 1.807) is 0 Å². The molecule has 1 spiro atoms. The Hall–Kier alpha value is -0.120. The summed E-state index contributed by atoms with van der Waals surface area (Å²) in [6.07, 6.45) is 0. The average molecular weight is 197 g/mol. The van der Waals surface area contributed by atoms with Gasteiger partial charge in [0.2, 0.25) is 0 Å². The Morgan fingerprint density at radius 1 is 1.21 bits per heavy atom. The van der Waals surface area contributed by atoms with Crippen LogP contribution in [0.5, 0.6) is 0 Å². The van der Waals surface area contributed by atoms with E-state index in [0.29, 0.717) is 5.41 Å². The molecule has 2 fully saturated rings. The van der Waals surface area contributed by atoms with Gasteiger partial charge >= 0.3 is 0 Å². The van der Waals surface area contributed by atoms with Crippen LogP contribution in [0.3, 0.4) is 0 Å². The minimum atomic E-state index is 0.698. The Morgan fingerprint density at radius 3 is 2.29 bits per heavy atom. The van der Waals surface area contributed by atoms with Crippen LogP contribution in [0.2, 0.25) is 0 Å². The van der Waals surface area contributed by atoms with Crippen molar-refractivity contribution in [3.8, 4) is 0 Å². The van der Waals surface area contributed by atoms with Crippen molar-refractivity contribution in [1.29, 1.82) is 0 Å². The van der Waals surface area contributed by atoms with E-state index in [0.717, 1.165) is 0 Å². The van der Waals surface area contributed by atoms with Crippen LogP contribution in [0.15, 0.2) is 0 Å². The number of likely N-dealkylation sites (N-methyl/N-ethyl adjacent to an activating group) is 1. The van der Waals surface area contributed by atoms with Crippen LogP contribution in [0, 0.1) is 5.41 Å². The smallest absolute Gasteiger partial charge is 0.0207 e. The molecule has 2 rings (SSSR count). The van der Waals surface area contributed by atoms with Gasteiger partial charge in [-0.1, -0.05) is 13.8 Å². The van der Waals surface area contributed by atoms with Crippen molar-refractivity contribution < 1.29 is 0 Å². The number of rotatable bonds is 5. The summed E-state index contributed by atoms with van der Waals surface area (Å²) < 4.78 is 0. The lowest BCUT2D eigenvalue weighted by Crippen LogP contribution is -2.71. The minimum Gasteiger partial charge on any atom is -0.315 e. The normalized spacial score (nSPS) is 25.1. The topological polar surface area (TPSA) is 18.5 Å². The Labute approximate surface area is 87.4 Å². The van der Waals surface area contributed by atoms with Crippen molar-refractivity contribution in [2.75, 3.05) is 52.4 Å². The Morgan fingerprint density at radius 2 is 1.86 bits per heavy atom. The highest BCUT2D eigenvalue weighted by molar-refractivity contribution is 5.03. The largest absolute Gasteiger partial charge is 0.315 e. The molecule has 0 radical (unpaired) electrons. The monoisotopic (exact) mass is 197 g/mol. The van der Waals surface area contributed by atoms with Crippen molar-refractivity contribution in [3.63, 3.8) is 0 Å². The molecule has 0 aromatic rings. The van der Waals surface area contributed by atoms with E-state index < -0.39 is 0 Å². The maximum Gasteiger partial charge on any atom is 0.0207 e. The third-order valence-corrected chi connectivity index (χ3v) is 3.74. The first kappa shape index (κ1) is 10.4. The summed E-state index contributed by atoms with van der Waals surface area (Å²) in [5, 5.41) is 3.37. The van der Waals surface area contributed by atoms with Gasteiger partial charge in [0.25, 0.3) is 0 Å². The van der Waals surface area contributed by atoms with Crippen molar-refractivity contribution in [1.82, 2.24) is 15.1 Å². The fourth-order valence-electron chi connectivity index (χ4n) is 2.59. The zero-order valence-corrected chi connectivity index (χ0v) is 9.55. The summed E-state index contributed by atoms with van der Waals surface area (Å²) in [4.78, 5) is 5.10. The number of nitrogens with zero attached hydrogens (tertiary/aromatic N) is 2. The summed E-state index contributed by atoms with van der Waals surface area (Å²) in [6.45, 7) is 14.6. The molecule has 3 heteroatoms. The van der Waals surface area contributed by atoms with E-state index in [4.69, 9.17) is 0 Å². The molecule has 0 aromatic carbocycles. The summed E-state index contributed by atoms with van der Waals surface area (Å²) in [7, 11) is 0. The molecule has 0 aromatic heterocycles. The highest BCUT2D eigenvalue weighted by atomic mass is 15.3. The van der Waals surface area contributed by atoms with E-state index in [1.165, 1.54) is 52.4 Å². The van der Waals surface area contributed by atoms with Gasteiger partial charge in [-0.25, -0.2) is 0 Å². The lowest BCUT2D eigenvalue weighted by molar-refractivity contribution is -0.0423. The van der Waals surface area contributed by atoms with Gasteiger partial charge in [-0.3, -0.25) is 0 Å². The van der Waals surface area contributed by atoms with Crippen molar-refractivity contribution >= 4 is 0 Å². The zero-order chi connectivity index (χ0) is 10.0. The number of hydrogen-bond donors (Lipinski definition) is 1. The quantitative estimate of drug-likeness (QED) is 0.681. The lowest BCUT2D eigenvalue weighted by Gasteiger charge is -2.56. The Balaban J connectivity index is 1.59. The van der Waals surface area contributed by atoms with Crippen molar-refractivity contribution in [2.24, 2.45) is 5.41 Å². The highest BCUT2D eigenvalue weighted by Crippen LogP contribution is 2.33. The molecule has 2 aliphatic heterocycles. The summed E-state index contributed by atoms with van der Waals surface area (Å²) in [5.74, 6) is 0. The molecular weight excluding hydrogens is 174 g/mol. The van der Waals surface area contributed by atoms with Gasteiger partial charge in [0.15, 0.2) is 0 Å². The summed E-state index contributed by atoms with van der Waals surface area (Å²) in [6, 6.07) is 0. The van der Waals surface area contributed by atoms with E-state index in [1.807, 2.05) is 0 Å². The van der Waals surface area contributed by atoms with Crippen molar-refractivity contribution in [2.45, 2.75) is 13.8 Å². The van der Waals surface area contributed by atoms with Crippen molar-refractivity contribution in [3.05, 3.63) is 0 Å². The molecule has 0 saturated carbocycles. The third kappa shape index (κ3) is 1.95. The second-order valence-electron chi connectivity index (χ2n) is 4.84. The highest BCUT2D eigenvalue weighted by Gasteiger charge is 2.46. The Bertz CT molecular complexity index is 177. The maximum absolute atomic E-state index is 3.37. The molecule has 0 atom stereocenters. The molecule has 82 valence electrons. The second kappa shape index (κ2) is 4.17. The standard InChI is InChI=1S/C11H23N3/c1-3-13(4-2)5-6-14-9-11(10-14)7-12-8-11/h12H,3-10H2,1-2H3. The van der Waals surface area contributed by atoms with Gasteiger partial charge < -0.3 is 15.1 Å². The minimum absolute atomic E-state index is 0.698. The molecule has 0 amide bonds. The van der Waals surface area contributed by atoms with Crippen LogP contribution >= 0.6 is 0 Å². The molecule has 0 unspecified atom stereocenters. The molecule has 2 saturated heterocycles. The molecular formula is C11H23N3. The molecule has 14 heavy (non-hydrogen) atoms. The fourth-order valence-corrected chi connectivity index (χ4v) is 2.59. The predicted octanol–water partition coefficient (Wildman–Crippen LogP) is 0.233. The predicted molar refractivity (Wildman–Crippen MR) is 59.5 cm³/mol. The van der Waals surface area contributed by atoms with Crippen LogP contribution in [0.1, 0.15) is 13.8 Å². The summed E-state index contributed by atoms with van der Waals surface area (Å²) >= 11 is 0. The van der Waals surface area contributed by atoms with Crippen LogP contribution in [0.25, 0.3) is 0 Å². The molecule has 0 aliphatic carbocycles. The third-order valence-electron chi connectivity index (χ3n) is 3.74. The number of hydrogen-bond acceptors (Lipinski definition) is 3. The van der Waals surface area contributed by atoms with E-state index in [-0.39, 0.29) is 0 Å². The second-order valence-corrected chi connectivity index (χ2v) is 4.84. The molecule has 1 N–H and O–H groups in total. The van der Waals surface area contributed by atoms with Crippen LogP contribution < -0.4 is 5.32 Å². The first-order chi connectivity index (χ1) is 6.78. The van der Waals surface area contributed by atoms with Crippen LogP contribution in [-0.2, 0) is 0 Å². The van der Waals surface area contributed by atoms with Gasteiger partial charge in [-0.15, -0.1) is 0 Å². The SMILES string of the molecule is CCN(CC)CCN1CC2(CNC2)C1. The van der Waals surface area contributed by atoms with E-state index in [9.17, 15) is 0 Å². The number of nitrogens with one attached hydrogen (secondary N) is 1. The number of likely N-dealkylation sites (tertiary alicyclic amines) is 1. The van der Waals surface area contributed by atoms with Crippen LogP contribution in [0.4, 0.5) is 0 Å². The van der Waals surface area contributed by atoms with Gasteiger partial charge in [0, 0.05) is 44.7 Å². The van der Waals surface area contributed by atoms with E-state index in [2.05, 4.69) is 29.0 Å². The first-order valence-electron chi connectivity index (χ1n) is 5.93. The van der Waals surface area contributed by atoms with Crippen LogP contribution in [-0.4, -0.2) is 62.2 Å². The van der Waals surface area contributed by atoms with Gasteiger partial charge in [-0.05, 0) is 13.1 Å². The molecule has 0 bridgehead atoms. The lowest BCUT2D eigenvalue weighted by atomic mass is 9.74. The molecule has 2 heterocycles. The summed E-state index contributed by atoms with van der Waals surface area (Å²) in [5.41, 5.74) is 0.698. The zero-order valence-electron chi connectivity index (χ0n) is 9.55. The molecule has 3 nitrogen and oxygen atoms in total. The first-order valence-corrected chi connectivity index (χ1v) is 5.93. The van der Waals surface area contributed by atoms with Gasteiger partial charge in [0.1, 0.15) is 0 Å². The van der Waals surface area contributed by atoms with E-state index >= 15 is 0 Å². The van der Waals surface area contributed by atoms with Gasteiger partial charge in [-0.2, -0.15) is 0 Å². The fraction of sp³-hybridized carbons (Fsp3) is 1.00. The average Bonchev–Trinajstić information content (AvgIpc) is 2.06.